The summed E-state index contributed by atoms with van der Waals surface area (Å²) in [4.78, 5) is 2.40. The summed E-state index contributed by atoms with van der Waals surface area (Å²) in [5.41, 5.74) is 1.24. The SMILES string of the molecule is CC(C)c1nnc2n1CCN(Cc1ccc3c(c1)OCCO3)C2. The molecule has 0 fully saturated rings. The Labute approximate surface area is 136 Å². The lowest BCUT2D eigenvalue weighted by Gasteiger charge is -2.28. The average Bonchev–Trinajstić information content (AvgIpc) is 2.98. The molecule has 0 unspecified atom stereocenters. The first-order valence-electron chi connectivity index (χ1n) is 8.23. The fraction of sp³-hybridized carbons (Fsp3) is 0.529. The van der Waals surface area contributed by atoms with Crippen LogP contribution in [0.15, 0.2) is 18.2 Å². The molecule has 6 nitrogen and oxygen atoms in total. The van der Waals surface area contributed by atoms with Crippen molar-refractivity contribution < 1.29 is 9.47 Å². The van der Waals surface area contributed by atoms with Crippen LogP contribution in [0.2, 0.25) is 0 Å². The highest BCUT2D eigenvalue weighted by Gasteiger charge is 2.22. The van der Waals surface area contributed by atoms with E-state index in [1.54, 1.807) is 0 Å². The summed E-state index contributed by atoms with van der Waals surface area (Å²) >= 11 is 0. The van der Waals surface area contributed by atoms with Crippen molar-refractivity contribution in [3.8, 4) is 11.5 Å². The molecule has 2 aliphatic heterocycles. The lowest BCUT2D eigenvalue weighted by molar-refractivity contribution is 0.170. The van der Waals surface area contributed by atoms with Crippen LogP contribution < -0.4 is 9.47 Å². The Morgan fingerprint density at radius 2 is 1.91 bits per heavy atom. The van der Waals surface area contributed by atoms with E-state index in [4.69, 9.17) is 9.47 Å². The molecule has 2 aliphatic rings. The Morgan fingerprint density at radius 1 is 1.09 bits per heavy atom. The Kier molecular flexibility index (Phi) is 3.69. The minimum absolute atomic E-state index is 0.417. The fourth-order valence-electron chi connectivity index (χ4n) is 3.24. The maximum atomic E-state index is 5.67. The number of rotatable bonds is 3. The van der Waals surface area contributed by atoms with Crippen LogP contribution in [0.25, 0.3) is 0 Å². The minimum atomic E-state index is 0.417. The largest absolute Gasteiger partial charge is 0.486 e. The van der Waals surface area contributed by atoms with E-state index < -0.39 is 0 Å². The van der Waals surface area contributed by atoms with Gasteiger partial charge in [-0.15, -0.1) is 10.2 Å². The average molecular weight is 314 g/mol. The standard InChI is InChI=1S/C17H22N4O2/c1-12(2)17-19-18-16-11-20(5-6-21(16)17)10-13-3-4-14-15(9-13)23-8-7-22-14/h3-4,9,12H,5-8,10-11H2,1-2H3. The number of ether oxygens (including phenoxy) is 2. The zero-order valence-electron chi connectivity index (χ0n) is 13.7. The van der Waals surface area contributed by atoms with Gasteiger partial charge in [0.1, 0.15) is 24.9 Å². The van der Waals surface area contributed by atoms with Gasteiger partial charge in [0, 0.05) is 25.6 Å². The van der Waals surface area contributed by atoms with Crippen molar-refractivity contribution in [2.45, 2.75) is 39.4 Å². The molecular weight excluding hydrogens is 292 g/mol. The van der Waals surface area contributed by atoms with Crippen LogP contribution in [-0.2, 0) is 19.6 Å². The summed E-state index contributed by atoms with van der Waals surface area (Å²) < 4.78 is 13.5. The Hall–Kier alpha value is -2.08. The van der Waals surface area contributed by atoms with E-state index in [0.29, 0.717) is 19.1 Å². The molecule has 0 saturated carbocycles. The molecule has 0 amide bonds. The van der Waals surface area contributed by atoms with E-state index in [1.165, 1.54) is 5.56 Å². The topological polar surface area (TPSA) is 52.4 Å². The molecule has 1 aromatic carbocycles. The number of aromatic nitrogens is 3. The Morgan fingerprint density at radius 3 is 2.74 bits per heavy atom. The van der Waals surface area contributed by atoms with Crippen LogP contribution in [0.5, 0.6) is 11.5 Å². The Balaban J connectivity index is 1.48. The maximum absolute atomic E-state index is 5.67. The molecule has 0 aliphatic carbocycles. The van der Waals surface area contributed by atoms with Gasteiger partial charge in [-0.05, 0) is 17.7 Å². The summed E-state index contributed by atoms with van der Waals surface area (Å²) in [5, 5.41) is 8.71. The van der Waals surface area contributed by atoms with Crippen LogP contribution in [0, 0.1) is 0 Å². The molecule has 23 heavy (non-hydrogen) atoms. The summed E-state index contributed by atoms with van der Waals surface area (Å²) in [6.07, 6.45) is 0. The van der Waals surface area contributed by atoms with Crippen molar-refractivity contribution in [1.29, 1.82) is 0 Å². The molecule has 0 atom stereocenters. The van der Waals surface area contributed by atoms with E-state index in [-0.39, 0.29) is 0 Å². The van der Waals surface area contributed by atoms with Crippen molar-refractivity contribution in [3.63, 3.8) is 0 Å². The van der Waals surface area contributed by atoms with Gasteiger partial charge in [0.15, 0.2) is 11.5 Å². The quantitative estimate of drug-likeness (QED) is 0.869. The summed E-state index contributed by atoms with van der Waals surface area (Å²) in [6, 6.07) is 6.22. The van der Waals surface area contributed by atoms with Crippen LogP contribution in [-0.4, -0.2) is 39.4 Å². The van der Waals surface area contributed by atoms with Gasteiger partial charge in [-0.3, -0.25) is 4.90 Å². The van der Waals surface area contributed by atoms with Gasteiger partial charge in [0.2, 0.25) is 0 Å². The molecule has 0 N–H and O–H groups in total. The lowest BCUT2D eigenvalue weighted by Crippen LogP contribution is -2.34. The van der Waals surface area contributed by atoms with Crippen molar-refractivity contribution in [3.05, 3.63) is 35.4 Å². The molecule has 0 radical (unpaired) electrons. The zero-order valence-corrected chi connectivity index (χ0v) is 13.7. The number of fused-ring (bicyclic) bond motifs is 2. The first kappa shape index (κ1) is 14.5. The van der Waals surface area contributed by atoms with Gasteiger partial charge in [-0.2, -0.15) is 0 Å². The molecule has 3 heterocycles. The van der Waals surface area contributed by atoms with E-state index in [2.05, 4.69) is 45.6 Å². The molecular formula is C17H22N4O2. The van der Waals surface area contributed by atoms with E-state index in [0.717, 1.165) is 49.3 Å². The molecule has 4 rings (SSSR count). The number of benzene rings is 1. The monoisotopic (exact) mass is 314 g/mol. The Bertz CT molecular complexity index is 711. The van der Waals surface area contributed by atoms with Gasteiger partial charge >= 0.3 is 0 Å². The fourth-order valence-corrected chi connectivity index (χ4v) is 3.24. The summed E-state index contributed by atoms with van der Waals surface area (Å²) in [7, 11) is 0. The van der Waals surface area contributed by atoms with Gasteiger partial charge in [0.25, 0.3) is 0 Å². The molecule has 0 spiro atoms. The molecule has 6 heteroatoms. The van der Waals surface area contributed by atoms with Gasteiger partial charge in [-0.25, -0.2) is 0 Å². The van der Waals surface area contributed by atoms with Crippen LogP contribution in [0.1, 0.15) is 37.0 Å². The number of nitrogens with zero attached hydrogens (tertiary/aromatic N) is 4. The highest BCUT2D eigenvalue weighted by atomic mass is 16.6. The van der Waals surface area contributed by atoms with E-state index >= 15 is 0 Å². The number of hydrogen-bond donors (Lipinski definition) is 0. The van der Waals surface area contributed by atoms with Crippen LogP contribution in [0.3, 0.4) is 0 Å². The maximum Gasteiger partial charge on any atom is 0.161 e. The van der Waals surface area contributed by atoms with Gasteiger partial charge in [-0.1, -0.05) is 19.9 Å². The number of hydrogen-bond acceptors (Lipinski definition) is 5. The van der Waals surface area contributed by atoms with E-state index in [9.17, 15) is 0 Å². The molecule has 0 saturated heterocycles. The predicted octanol–water partition coefficient (Wildman–Crippen LogP) is 2.19. The molecule has 122 valence electrons. The van der Waals surface area contributed by atoms with Gasteiger partial charge < -0.3 is 14.0 Å². The summed E-state index contributed by atoms with van der Waals surface area (Å²) in [5.74, 6) is 4.29. The predicted molar refractivity (Wildman–Crippen MR) is 85.7 cm³/mol. The van der Waals surface area contributed by atoms with Crippen LogP contribution >= 0.6 is 0 Å². The first-order chi connectivity index (χ1) is 11.2. The second-order valence-electron chi connectivity index (χ2n) is 6.47. The van der Waals surface area contributed by atoms with Crippen molar-refractivity contribution in [2.75, 3.05) is 19.8 Å². The third-order valence-electron chi connectivity index (χ3n) is 4.39. The highest BCUT2D eigenvalue weighted by molar-refractivity contribution is 5.43. The van der Waals surface area contributed by atoms with Gasteiger partial charge in [0.05, 0.1) is 6.54 Å². The third-order valence-corrected chi connectivity index (χ3v) is 4.39. The smallest absolute Gasteiger partial charge is 0.161 e. The second-order valence-corrected chi connectivity index (χ2v) is 6.47. The highest BCUT2D eigenvalue weighted by Crippen LogP contribution is 2.31. The lowest BCUT2D eigenvalue weighted by atomic mass is 10.1. The van der Waals surface area contributed by atoms with Crippen molar-refractivity contribution >= 4 is 0 Å². The van der Waals surface area contributed by atoms with E-state index in [1.807, 2.05) is 6.07 Å². The van der Waals surface area contributed by atoms with Crippen molar-refractivity contribution in [1.82, 2.24) is 19.7 Å². The second kappa shape index (κ2) is 5.85. The molecule has 2 aromatic rings. The third kappa shape index (κ3) is 2.79. The summed E-state index contributed by atoms with van der Waals surface area (Å²) in [6.45, 7) is 9.29. The zero-order chi connectivity index (χ0) is 15.8. The van der Waals surface area contributed by atoms with Crippen LogP contribution in [0.4, 0.5) is 0 Å². The normalized spacial score (nSPS) is 17.3. The first-order valence-corrected chi connectivity index (χ1v) is 8.23. The molecule has 1 aromatic heterocycles. The minimum Gasteiger partial charge on any atom is -0.486 e. The molecule has 0 bridgehead atoms. The van der Waals surface area contributed by atoms with Crippen molar-refractivity contribution in [2.24, 2.45) is 0 Å².